The Hall–Kier alpha value is -1.46. The maximum absolute atomic E-state index is 8.68. The molecular weight excluding hydrogens is 236 g/mol. The second-order valence-electron chi connectivity index (χ2n) is 4.70. The Morgan fingerprint density at radius 1 is 1.16 bits per heavy atom. The fourth-order valence-electron chi connectivity index (χ4n) is 1.90. The maximum atomic E-state index is 8.68. The zero-order valence-corrected chi connectivity index (χ0v) is 12.0. The molecule has 0 aliphatic rings. The highest BCUT2D eigenvalue weighted by Gasteiger charge is 1.99. The van der Waals surface area contributed by atoms with Gasteiger partial charge in [-0.15, -0.1) is 0 Å². The highest BCUT2D eigenvalue weighted by atomic mass is 16.5. The first-order valence-corrected chi connectivity index (χ1v) is 7.11. The third-order valence-electron chi connectivity index (χ3n) is 3.02. The van der Waals surface area contributed by atoms with Crippen molar-refractivity contribution in [1.82, 2.24) is 0 Å². The zero-order valence-electron chi connectivity index (χ0n) is 12.0. The van der Waals surface area contributed by atoms with Crippen LogP contribution in [0, 0.1) is 18.8 Å². The van der Waals surface area contributed by atoms with Gasteiger partial charge in [-0.05, 0) is 37.1 Å². The van der Waals surface area contributed by atoms with Crippen LogP contribution in [0.5, 0.6) is 5.75 Å². The second kappa shape index (κ2) is 9.47. The number of hydrogen-bond donors (Lipinski definition) is 1. The van der Waals surface area contributed by atoms with Crippen LogP contribution < -0.4 is 4.74 Å². The molecule has 0 aliphatic carbocycles. The van der Waals surface area contributed by atoms with Crippen molar-refractivity contribution in [3.8, 4) is 17.6 Å². The molecule has 2 heteroatoms. The highest BCUT2D eigenvalue weighted by Crippen LogP contribution is 2.17. The van der Waals surface area contributed by atoms with Gasteiger partial charge in [0.2, 0.25) is 0 Å². The first-order chi connectivity index (χ1) is 9.27. The summed E-state index contributed by atoms with van der Waals surface area (Å²) in [5, 5.41) is 8.68. The quantitative estimate of drug-likeness (QED) is 0.598. The van der Waals surface area contributed by atoms with Crippen LogP contribution in [0.3, 0.4) is 0 Å². The first kappa shape index (κ1) is 15.6. The Balaban J connectivity index is 2.37. The Kier molecular flexibility index (Phi) is 7.77. The molecule has 104 valence electrons. The van der Waals surface area contributed by atoms with Crippen molar-refractivity contribution in [2.24, 2.45) is 0 Å². The number of rotatable bonds is 7. The van der Waals surface area contributed by atoms with Gasteiger partial charge in [0.15, 0.2) is 0 Å². The van der Waals surface area contributed by atoms with E-state index in [1.165, 1.54) is 25.7 Å². The molecule has 1 aromatic rings. The average Bonchev–Trinajstić information content (AvgIpc) is 2.42. The summed E-state index contributed by atoms with van der Waals surface area (Å²) < 4.78 is 5.73. The van der Waals surface area contributed by atoms with Crippen LogP contribution in [0.2, 0.25) is 0 Å². The molecule has 19 heavy (non-hydrogen) atoms. The van der Waals surface area contributed by atoms with Crippen molar-refractivity contribution < 1.29 is 9.84 Å². The average molecular weight is 260 g/mol. The third kappa shape index (κ3) is 6.31. The lowest BCUT2D eigenvalue weighted by Crippen LogP contribution is -1.98. The van der Waals surface area contributed by atoms with Gasteiger partial charge in [-0.1, -0.05) is 44.4 Å². The Bertz CT molecular complexity index is 427. The predicted octanol–water partition coefficient (Wildman–Crippen LogP) is 3.69. The standard InChI is InChI=1S/C17H24O2/c1-3-4-5-6-7-13-19-17-11-10-16(9-8-12-18)15(2)14-17/h10-11,14,18H,3-7,12-13H2,1-2H3. The molecule has 0 aliphatic heterocycles. The second-order valence-corrected chi connectivity index (χ2v) is 4.70. The van der Waals surface area contributed by atoms with Crippen LogP contribution in [-0.2, 0) is 0 Å². The smallest absolute Gasteiger partial charge is 0.119 e. The number of aliphatic hydroxyl groups excluding tert-OH is 1. The van der Waals surface area contributed by atoms with Crippen LogP contribution in [0.4, 0.5) is 0 Å². The molecule has 0 saturated heterocycles. The van der Waals surface area contributed by atoms with Gasteiger partial charge in [-0.3, -0.25) is 0 Å². The van der Waals surface area contributed by atoms with Gasteiger partial charge < -0.3 is 9.84 Å². The lowest BCUT2D eigenvalue weighted by Gasteiger charge is -2.07. The van der Waals surface area contributed by atoms with Crippen LogP contribution in [0.25, 0.3) is 0 Å². The maximum Gasteiger partial charge on any atom is 0.119 e. The molecule has 0 saturated carbocycles. The van der Waals surface area contributed by atoms with Gasteiger partial charge in [-0.25, -0.2) is 0 Å². The normalized spacial score (nSPS) is 9.84. The molecule has 1 rings (SSSR count). The molecule has 0 radical (unpaired) electrons. The van der Waals surface area contributed by atoms with Gasteiger partial charge in [0.1, 0.15) is 12.4 Å². The Morgan fingerprint density at radius 3 is 2.63 bits per heavy atom. The van der Waals surface area contributed by atoms with Crippen molar-refractivity contribution in [3.63, 3.8) is 0 Å². The summed E-state index contributed by atoms with van der Waals surface area (Å²) in [5.41, 5.74) is 2.04. The number of aryl methyl sites for hydroxylation is 1. The molecule has 0 spiro atoms. The minimum Gasteiger partial charge on any atom is -0.494 e. The van der Waals surface area contributed by atoms with Crippen molar-refractivity contribution >= 4 is 0 Å². The van der Waals surface area contributed by atoms with Crippen molar-refractivity contribution in [3.05, 3.63) is 29.3 Å². The number of hydrogen-bond acceptors (Lipinski definition) is 2. The molecule has 2 nitrogen and oxygen atoms in total. The molecule has 0 bridgehead atoms. The minimum atomic E-state index is -0.102. The monoisotopic (exact) mass is 260 g/mol. The molecular formula is C17H24O2. The fourth-order valence-corrected chi connectivity index (χ4v) is 1.90. The molecule has 0 amide bonds. The van der Waals surface area contributed by atoms with E-state index in [4.69, 9.17) is 9.84 Å². The van der Waals surface area contributed by atoms with Crippen LogP contribution in [-0.4, -0.2) is 18.3 Å². The van der Waals surface area contributed by atoms with Gasteiger partial charge >= 0.3 is 0 Å². The zero-order chi connectivity index (χ0) is 13.9. The fraction of sp³-hybridized carbons (Fsp3) is 0.529. The number of benzene rings is 1. The summed E-state index contributed by atoms with van der Waals surface area (Å²) in [6.07, 6.45) is 6.25. The lowest BCUT2D eigenvalue weighted by molar-refractivity contribution is 0.304. The number of ether oxygens (including phenoxy) is 1. The van der Waals surface area contributed by atoms with Crippen molar-refractivity contribution in [1.29, 1.82) is 0 Å². The van der Waals surface area contributed by atoms with E-state index < -0.39 is 0 Å². The van der Waals surface area contributed by atoms with Gasteiger partial charge in [0, 0.05) is 5.56 Å². The van der Waals surface area contributed by atoms with Crippen LogP contribution >= 0.6 is 0 Å². The van der Waals surface area contributed by atoms with E-state index in [1.54, 1.807) is 0 Å². The summed E-state index contributed by atoms with van der Waals surface area (Å²) >= 11 is 0. The molecule has 0 atom stereocenters. The molecule has 0 unspecified atom stereocenters. The molecule has 0 aromatic heterocycles. The molecule has 0 fully saturated rings. The molecule has 1 N–H and O–H groups in total. The Labute approximate surface area is 116 Å². The van der Waals surface area contributed by atoms with E-state index in [0.717, 1.165) is 29.9 Å². The van der Waals surface area contributed by atoms with E-state index in [9.17, 15) is 0 Å². The summed E-state index contributed by atoms with van der Waals surface area (Å²) in [5.74, 6) is 6.49. The minimum absolute atomic E-state index is 0.102. The topological polar surface area (TPSA) is 29.5 Å². The van der Waals surface area contributed by atoms with E-state index >= 15 is 0 Å². The molecule has 1 aromatic carbocycles. The van der Waals surface area contributed by atoms with E-state index in [-0.39, 0.29) is 6.61 Å². The summed E-state index contributed by atoms with van der Waals surface area (Å²) in [6.45, 7) is 4.91. The van der Waals surface area contributed by atoms with Crippen LogP contribution in [0.15, 0.2) is 18.2 Å². The van der Waals surface area contributed by atoms with Crippen LogP contribution in [0.1, 0.15) is 50.2 Å². The largest absolute Gasteiger partial charge is 0.494 e. The first-order valence-electron chi connectivity index (χ1n) is 7.11. The lowest BCUT2D eigenvalue weighted by atomic mass is 10.1. The summed E-state index contributed by atoms with van der Waals surface area (Å²) in [6, 6.07) is 5.90. The van der Waals surface area contributed by atoms with E-state index in [1.807, 2.05) is 25.1 Å². The Morgan fingerprint density at radius 2 is 1.95 bits per heavy atom. The van der Waals surface area contributed by atoms with Gasteiger partial charge in [-0.2, -0.15) is 0 Å². The van der Waals surface area contributed by atoms with E-state index in [2.05, 4.69) is 18.8 Å². The van der Waals surface area contributed by atoms with E-state index in [0.29, 0.717) is 0 Å². The predicted molar refractivity (Wildman–Crippen MR) is 79.4 cm³/mol. The number of aliphatic hydroxyl groups is 1. The van der Waals surface area contributed by atoms with Crippen molar-refractivity contribution in [2.75, 3.05) is 13.2 Å². The number of unbranched alkanes of at least 4 members (excludes halogenated alkanes) is 4. The summed E-state index contributed by atoms with van der Waals surface area (Å²) in [7, 11) is 0. The summed E-state index contributed by atoms with van der Waals surface area (Å²) in [4.78, 5) is 0. The van der Waals surface area contributed by atoms with Gasteiger partial charge in [0.25, 0.3) is 0 Å². The third-order valence-corrected chi connectivity index (χ3v) is 3.02. The highest BCUT2D eigenvalue weighted by molar-refractivity contribution is 5.44. The molecule has 0 heterocycles. The SMILES string of the molecule is CCCCCCCOc1ccc(C#CCO)c(C)c1. The van der Waals surface area contributed by atoms with Gasteiger partial charge in [0.05, 0.1) is 6.61 Å². The van der Waals surface area contributed by atoms with Crippen molar-refractivity contribution in [2.45, 2.75) is 46.0 Å².